The molecule has 1 aliphatic carbocycles. The lowest BCUT2D eigenvalue weighted by Gasteiger charge is -1.99. The smallest absolute Gasteiger partial charge is 0.309 e. The predicted octanol–water partition coefficient (Wildman–Crippen LogP) is 2.30. The molecular weight excluding hydrogens is 152 g/mol. The minimum absolute atomic E-state index is 0.0911. The third kappa shape index (κ3) is 4.16. The van der Waals surface area contributed by atoms with E-state index in [9.17, 15) is 4.79 Å². The fourth-order valence-corrected chi connectivity index (χ4v) is 0.900. The van der Waals surface area contributed by atoms with Gasteiger partial charge in [-0.2, -0.15) is 0 Å². The molecule has 2 nitrogen and oxygen atoms in total. The Morgan fingerprint density at radius 1 is 1.50 bits per heavy atom. The van der Waals surface area contributed by atoms with Crippen molar-refractivity contribution in [1.29, 1.82) is 0 Å². The summed E-state index contributed by atoms with van der Waals surface area (Å²) < 4.78 is 5.02. The standard InChI is InChI=1S/C10H16O2/c1-2-3-4-5-10(11)12-8-9-6-7-9/h3-4,9H,2,5-8H2,1H3/b4-3-. The molecule has 0 amide bonds. The van der Waals surface area contributed by atoms with Crippen molar-refractivity contribution in [2.75, 3.05) is 6.61 Å². The van der Waals surface area contributed by atoms with Crippen LogP contribution in [0, 0.1) is 5.92 Å². The van der Waals surface area contributed by atoms with Crippen LogP contribution in [0.1, 0.15) is 32.6 Å². The van der Waals surface area contributed by atoms with Crippen molar-refractivity contribution in [1.82, 2.24) is 0 Å². The van der Waals surface area contributed by atoms with Crippen LogP contribution in [-0.4, -0.2) is 12.6 Å². The zero-order valence-electron chi connectivity index (χ0n) is 7.58. The second-order valence-corrected chi connectivity index (χ2v) is 3.21. The van der Waals surface area contributed by atoms with Crippen molar-refractivity contribution >= 4 is 5.97 Å². The number of ether oxygens (including phenoxy) is 1. The molecule has 0 saturated heterocycles. The maximum absolute atomic E-state index is 11.0. The topological polar surface area (TPSA) is 26.3 Å². The van der Waals surface area contributed by atoms with Crippen LogP contribution >= 0.6 is 0 Å². The second-order valence-electron chi connectivity index (χ2n) is 3.21. The maximum atomic E-state index is 11.0. The van der Waals surface area contributed by atoms with Gasteiger partial charge in [-0.3, -0.25) is 4.79 Å². The predicted molar refractivity (Wildman–Crippen MR) is 47.7 cm³/mol. The Labute approximate surface area is 73.6 Å². The van der Waals surface area contributed by atoms with Crippen LogP contribution in [0.4, 0.5) is 0 Å². The van der Waals surface area contributed by atoms with Gasteiger partial charge in [0.1, 0.15) is 0 Å². The Morgan fingerprint density at radius 3 is 2.83 bits per heavy atom. The molecule has 1 aliphatic rings. The van der Waals surface area contributed by atoms with Crippen LogP contribution in [-0.2, 0) is 9.53 Å². The zero-order chi connectivity index (χ0) is 8.81. The molecule has 0 N–H and O–H groups in total. The molecular formula is C10H16O2. The summed E-state index contributed by atoms with van der Waals surface area (Å²) in [6.45, 7) is 2.69. The first-order chi connectivity index (χ1) is 5.83. The van der Waals surface area contributed by atoms with Gasteiger partial charge >= 0.3 is 5.97 Å². The summed E-state index contributed by atoms with van der Waals surface area (Å²) in [5, 5.41) is 0. The van der Waals surface area contributed by atoms with E-state index in [4.69, 9.17) is 4.74 Å². The first kappa shape index (κ1) is 9.30. The molecule has 0 aliphatic heterocycles. The summed E-state index contributed by atoms with van der Waals surface area (Å²) in [7, 11) is 0. The van der Waals surface area contributed by atoms with Gasteiger partial charge in [-0.05, 0) is 25.2 Å². The average molecular weight is 168 g/mol. The van der Waals surface area contributed by atoms with E-state index in [0.717, 1.165) is 6.42 Å². The SMILES string of the molecule is CC/C=C\CC(=O)OCC1CC1. The number of allylic oxidation sites excluding steroid dienone is 1. The summed E-state index contributed by atoms with van der Waals surface area (Å²) in [5.74, 6) is 0.579. The van der Waals surface area contributed by atoms with Crippen molar-refractivity contribution < 1.29 is 9.53 Å². The lowest BCUT2D eigenvalue weighted by Crippen LogP contribution is -2.05. The Morgan fingerprint density at radius 2 is 2.25 bits per heavy atom. The van der Waals surface area contributed by atoms with E-state index in [1.54, 1.807) is 0 Å². The van der Waals surface area contributed by atoms with Gasteiger partial charge in [-0.15, -0.1) is 0 Å². The monoisotopic (exact) mass is 168 g/mol. The highest BCUT2D eigenvalue weighted by Gasteiger charge is 2.22. The van der Waals surface area contributed by atoms with Crippen molar-refractivity contribution in [2.45, 2.75) is 32.6 Å². The Bertz CT molecular complexity index is 169. The minimum Gasteiger partial charge on any atom is -0.465 e. The highest BCUT2D eigenvalue weighted by molar-refractivity contribution is 5.71. The molecule has 1 fully saturated rings. The van der Waals surface area contributed by atoms with Gasteiger partial charge < -0.3 is 4.74 Å². The zero-order valence-corrected chi connectivity index (χ0v) is 7.58. The minimum atomic E-state index is -0.0911. The van der Waals surface area contributed by atoms with Gasteiger partial charge in [-0.25, -0.2) is 0 Å². The molecule has 0 radical (unpaired) electrons. The molecule has 1 saturated carbocycles. The number of carbonyl (C=O) groups excluding carboxylic acids is 1. The van der Waals surface area contributed by atoms with Crippen LogP contribution < -0.4 is 0 Å². The Hall–Kier alpha value is -0.790. The fourth-order valence-electron chi connectivity index (χ4n) is 0.900. The summed E-state index contributed by atoms with van der Waals surface area (Å²) >= 11 is 0. The van der Waals surface area contributed by atoms with Gasteiger partial charge in [0.05, 0.1) is 13.0 Å². The number of esters is 1. The first-order valence-corrected chi connectivity index (χ1v) is 4.63. The lowest BCUT2D eigenvalue weighted by atomic mass is 10.3. The number of hydrogen-bond donors (Lipinski definition) is 0. The maximum Gasteiger partial charge on any atom is 0.309 e. The van der Waals surface area contributed by atoms with Crippen LogP contribution in [0.15, 0.2) is 12.2 Å². The molecule has 1 rings (SSSR count). The number of rotatable bonds is 5. The van der Waals surface area contributed by atoms with Crippen molar-refractivity contribution in [2.24, 2.45) is 5.92 Å². The average Bonchev–Trinajstić information content (AvgIpc) is 2.84. The van der Waals surface area contributed by atoms with Gasteiger partial charge in [0.15, 0.2) is 0 Å². The fraction of sp³-hybridized carbons (Fsp3) is 0.700. The molecule has 12 heavy (non-hydrogen) atoms. The molecule has 0 aromatic rings. The Balaban J connectivity index is 1.98. The molecule has 2 heteroatoms. The van der Waals surface area contributed by atoms with Crippen molar-refractivity contribution in [3.63, 3.8) is 0 Å². The Kier molecular flexibility index (Phi) is 3.85. The lowest BCUT2D eigenvalue weighted by molar-refractivity contribution is -0.143. The molecule has 0 spiro atoms. The molecule has 0 atom stereocenters. The molecule has 0 bridgehead atoms. The summed E-state index contributed by atoms with van der Waals surface area (Å²) in [4.78, 5) is 11.0. The largest absolute Gasteiger partial charge is 0.465 e. The summed E-state index contributed by atoms with van der Waals surface area (Å²) in [6, 6.07) is 0. The van der Waals surface area contributed by atoms with E-state index in [-0.39, 0.29) is 5.97 Å². The quantitative estimate of drug-likeness (QED) is 0.465. The highest BCUT2D eigenvalue weighted by Crippen LogP contribution is 2.28. The van der Waals surface area contributed by atoms with Crippen molar-refractivity contribution in [3.05, 3.63) is 12.2 Å². The normalized spacial score (nSPS) is 16.8. The van der Waals surface area contributed by atoms with Gasteiger partial charge in [0, 0.05) is 0 Å². The van der Waals surface area contributed by atoms with Crippen LogP contribution in [0.5, 0.6) is 0 Å². The molecule has 0 unspecified atom stereocenters. The van der Waals surface area contributed by atoms with Crippen LogP contribution in [0.25, 0.3) is 0 Å². The third-order valence-electron chi connectivity index (χ3n) is 1.86. The molecule has 0 aromatic carbocycles. The molecule has 0 aromatic heterocycles. The van der Waals surface area contributed by atoms with Gasteiger partial charge in [0.2, 0.25) is 0 Å². The first-order valence-electron chi connectivity index (χ1n) is 4.63. The number of carbonyl (C=O) groups is 1. The van der Waals surface area contributed by atoms with E-state index < -0.39 is 0 Å². The summed E-state index contributed by atoms with van der Waals surface area (Å²) in [6.07, 6.45) is 7.74. The number of hydrogen-bond acceptors (Lipinski definition) is 2. The highest BCUT2D eigenvalue weighted by atomic mass is 16.5. The van der Waals surface area contributed by atoms with E-state index in [1.165, 1.54) is 12.8 Å². The van der Waals surface area contributed by atoms with E-state index >= 15 is 0 Å². The van der Waals surface area contributed by atoms with E-state index in [1.807, 2.05) is 19.1 Å². The van der Waals surface area contributed by atoms with Crippen LogP contribution in [0.3, 0.4) is 0 Å². The van der Waals surface area contributed by atoms with Gasteiger partial charge in [0.25, 0.3) is 0 Å². The molecule has 0 heterocycles. The third-order valence-corrected chi connectivity index (χ3v) is 1.86. The summed E-state index contributed by atoms with van der Waals surface area (Å²) in [5.41, 5.74) is 0. The second kappa shape index (κ2) is 4.96. The molecule has 68 valence electrons. The van der Waals surface area contributed by atoms with E-state index in [2.05, 4.69) is 0 Å². The van der Waals surface area contributed by atoms with E-state index in [0.29, 0.717) is 18.9 Å². The van der Waals surface area contributed by atoms with Crippen LogP contribution in [0.2, 0.25) is 0 Å². The van der Waals surface area contributed by atoms with Gasteiger partial charge in [-0.1, -0.05) is 19.1 Å². The van der Waals surface area contributed by atoms with Crippen molar-refractivity contribution in [3.8, 4) is 0 Å².